The van der Waals surface area contributed by atoms with E-state index in [1.165, 1.54) is 11.3 Å². The van der Waals surface area contributed by atoms with Gasteiger partial charge >= 0.3 is 0 Å². The van der Waals surface area contributed by atoms with E-state index in [2.05, 4.69) is 9.97 Å². The van der Waals surface area contributed by atoms with Gasteiger partial charge < -0.3 is 4.98 Å². The van der Waals surface area contributed by atoms with Crippen molar-refractivity contribution in [3.05, 3.63) is 50.6 Å². The predicted molar refractivity (Wildman–Crippen MR) is 75.4 cm³/mol. The zero-order chi connectivity index (χ0) is 12.7. The van der Waals surface area contributed by atoms with Crippen molar-refractivity contribution in [3.63, 3.8) is 0 Å². The number of nitrogens with zero attached hydrogens (tertiary/aromatic N) is 1. The second-order valence-electron chi connectivity index (χ2n) is 3.97. The lowest BCUT2D eigenvalue weighted by atomic mass is 10.2. The van der Waals surface area contributed by atoms with E-state index in [-0.39, 0.29) is 5.56 Å². The fraction of sp³-hybridized carbons (Fsp3) is 0.0769. The van der Waals surface area contributed by atoms with E-state index in [1.807, 2.05) is 31.2 Å². The van der Waals surface area contributed by atoms with Crippen molar-refractivity contribution in [2.75, 3.05) is 0 Å². The molecule has 0 atom stereocenters. The molecule has 0 radical (unpaired) electrons. The van der Waals surface area contributed by atoms with Crippen LogP contribution in [0.5, 0.6) is 0 Å². The lowest BCUT2D eigenvalue weighted by molar-refractivity contribution is 1.19. The Labute approximate surface area is 112 Å². The van der Waals surface area contributed by atoms with Crippen LogP contribution in [0, 0.1) is 6.92 Å². The number of halogens is 1. The van der Waals surface area contributed by atoms with Gasteiger partial charge in [-0.15, -0.1) is 11.3 Å². The van der Waals surface area contributed by atoms with Crippen molar-refractivity contribution in [2.24, 2.45) is 0 Å². The first-order chi connectivity index (χ1) is 8.65. The molecule has 0 unspecified atom stereocenters. The Morgan fingerprint density at radius 3 is 2.89 bits per heavy atom. The molecule has 3 aromatic rings. The molecule has 3 nitrogen and oxygen atoms in total. The minimum atomic E-state index is -0.126. The third-order valence-corrected chi connectivity index (χ3v) is 3.93. The zero-order valence-electron chi connectivity index (χ0n) is 9.53. The SMILES string of the molecule is Cc1cc2c(=O)[nH]c(-c3ccccc3Cl)nc2s1. The summed E-state index contributed by atoms with van der Waals surface area (Å²) in [5.74, 6) is 0.514. The molecule has 0 aliphatic carbocycles. The molecule has 18 heavy (non-hydrogen) atoms. The molecule has 1 aromatic carbocycles. The second-order valence-corrected chi connectivity index (χ2v) is 5.61. The van der Waals surface area contributed by atoms with E-state index in [9.17, 15) is 4.79 Å². The Morgan fingerprint density at radius 1 is 1.33 bits per heavy atom. The van der Waals surface area contributed by atoms with Crippen LogP contribution in [0.1, 0.15) is 4.88 Å². The lowest BCUT2D eigenvalue weighted by Gasteiger charge is -2.02. The summed E-state index contributed by atoms with van der Waals surface area (Å²) in [5, 5.41) is 1.21. The Bertz CT molecular complexity index is 791. The normalized spacial score (nSPS) is 11.0. The van der Waals surface area contributed by atoms with Gasteiger partial charge in [-0.05, 0) is 25.1 Å². The Hall–Kier alpha value is -1.65. The number of hydrogen-bond donors (Lipinski definition) is 1. The van der Waals surface area contributed by atoms with Gasteiger partial charge in [0.25, 0.3) is 5.56 Å². The van der Waals surface area contributed by atoms with Gasteiger partial charge in [0.2, 0.25) is 0 Å². The smallest absolute Gasteiger partial charge is 0.259 e. The van der Waals surface area contributed by atoms with Gasteiger partial charge in [0, 0.05) is 10.4 Å². The highest BCUT2D eigenvalue weighted by Gasteiger charge is 2.10. The van der Waals surface area contributed by atoms with Gasteiger partial charge in [-0.3, -0.25) is 4.79 Å². The highest BCUT2D eigenvalue weighted by atomic mass is 35.5. The molecular formula is C13H9ClN2OS. The van der Waals surface area contributed by atoms with Crippen LogP contribution in [-0.4, -0.2) is 9.97 Å². The number of aryl methyl sites for hydroxylation is 1. The molecule has 5 heteroatoms. The van der Waals surface area contributed by atoms with Crippen LogP contribution in [0.3, 0.4) is 0 Å². The number of nitrogens with one attached hydrogen (secondary N) is 1. The molecule has 0 aliphatic heterocycles. The summed E-state index contributed by atoms with van der Waals surface area (Å²) in [6, 6.07) is 9.18. The third-order valence-electron chi connectivity index (χ3n) is 2.65. The number of rotatable bonds is 1. The molecule has 0 spiro atoms. The molecule has 0 amide bonds. The molecule has 0 saturated carbocycles. The van der Waals surface area contributed by atoms with Crippen LogP contribution in [0.2, 0.25) is 5.02 Å². The minimum Gasteiger partial charge on any atom is -0.306 e. The number of benzene rings is 1. The zero-order valence-corrected chi connectivity index (χ0v) is 11.1. The summed E-state index contributed by atoms with van der Waals surface area (Å²) in [5.41, 5.74) is 0.614. The van der Waals surface area contributed by atoms with Gasteiger partial charge in [0.05, 0.1) is 10.4 Å². The van der Waals surface area contributed by atoms with E-state index in [1.54, 1.807) is 6.07 Å². The standard InChI is InChI=1S/C13H9ClN2OS/c1-7-6-9-12(17)15-11(16-13(9)18-7)8-4-2-3-5-10(8)14/h2-6H,1H3,(H,15,16,17). The number of H-pyrrole nitrogens is 1. The summed E-state index contributed by atoms with van der Waals surface area (Å²) >= 11 is 7.62. The first-order valence-corrected chi connectivity index (χ1v) is 6.60. The van der Waals surface area contributed by atoms with Crippen LogP contribution >= 0.6 is 22.9 Å². The minimum absolute atomic E-state index is 0.126. The molecule has 0 aliphatic rings. The van der Waals surface area contributed by atoms with Gasteiger partial charge in [0.1, 0.15) is 10.7 Å². The molecule has 3 rings (SSSR count). The topological polar surface area (TPSA) is 45.8 Å². The average Bonchev–Trinajstić information content (AvgIpc) is 2.71. The summed E-state index contributed by atoms with van der Waals surface area (Å²) in [6.45, 7) is 1.96. The van der Waals surface area contributed by atoms with Crippen LogP contribution < -0.4 is 5.56 Å². The van der Waals surface area contributed by atoms with Crippen LogP contribution in [0.4, 0.5) is 0 Å². The first-order valence-electron chi connectivity index (χ1n) is 5.40. The Balaban J connectivity index is 2.31. The fourth-order valence-electron chi connectivity index (χ4n) is 1.83. The quantitative estimate of drug-likeness (QED) is 0.738. The Kier molecular flexibility index (Phi) is 2.69. The maximum absolute atomic E-state index is 12.0. The van der Waals surface area contributed by atoms with Crippen molar-refractivity contribution in [3.8, 4) is 11.4 Å². The van der Waals surface area contributed by atoms with E-state index >= 15 is 0 Å². The van der Waals surface area contributed by atoms with E-state index < -0.39 is 0 Å². The largest absolute Gasteiger partial charge is 0.306 e. The summed E-state index contributed by atoms with van der Waals surface area (Å²) in [4.78, 5) is 21.0. The van der Waals surface area contributed by atoms with E-state index in [0.717, 1.165) is 15.3 Å². The summed E-state index contributed by atoms with van der Waals surface area (Å²) in [6.07, 6.45) is 0. The lowest BCUT2D eigenvalue weighted by Crippen LogP contribution is -2.08. The van der Waals surface area contributed by atoms with Crippen LogP contribution in [0.25, 0.3) is 21.6 Å². The number of fused-ring (bicyclic) bond motifs is 1. The van der Waals surface area contributed by atoms with Gasteiger partial charge in [-0.25, -0.2) is 4.98 Å². The van der Waals surface area contributed by atoms with Crippen molar-refractivity contribution < 1.29 is 0 Å². The van der Waals surface area contributed by atoms with Crippen molar-refractivity contribution in [2.45, 2.75) is 6.92 Å². The number of aromatic amines is 1. The predicted octanol–water partition coefficient (Wildman–Crippen LogP) is 3.61. The molecule has 0 fully saturated rings. The number of aromatic nitrogens is 2. The van der Waals surface area contributed by atoms with Crippen molar-refractivity contribution in [1.29, 1.82) is 0 Å². The van der Waals surface area contributed by atoms with Gasteiger partial charge in [-0.2, -0.15) is 0 Å². The third kappa shape index (κ3) is 1.83. The van der Waals surface area contributed by atoms with Crippen molar-refractivity contribution in [1.82, 2.24) is 9.97 Å². The molecule has 0 bridgehead atoms. The molecule has 1 N–H and O–H groups in total. The molecule has 0 saturated heterocycles. The first kappa shape index (κ1) is 11.4. The molecule has 2 heterocycles. The van der Waals surface area contributed by atoms with Crippen LogP contribution in [0.15, 0.2) is 35.1 Å². The number of hydrogen-bond acceptors (Lipinski definition) is 3. The second kappa shape index (κ2) is 4.23. The highest BCUT2D eigenvalue weighted by Crippen LogP contribution is 2.27. The maximum atomic E-state index is 12.0. The van der Waals surface area contributed by atoms with Gasteiger partial charge in [-0.1, -0.05) is 23.7 Å². The highest BCUT2D eigenvalue weighted by molar-refractivity contribution is 7.18. The van der Waals surface area contributed by atoms with E-state index in [0.29, 0.717) is 16.2 Å². The molecule has 2 aromatic heterocycles. The fourth-order valence-corrected chi connectivity index (χ4v) is 2.94. The Morgan fingerprint density at radius 2 is 2.11 bits per heavy atom. The van der Waals surface area contributed by atoms with Gasteiger partial charge in [0.15, 0.2) is 0 Å². The van der Waals surface area contributed by atoms with E-state index in [4.69, 9.17) is 11.6 Å². The number of thiophene rings is 1. The molecule has 90 valence electrons. The average molecular weight is 277 g/mol. The maximum Gasteiger partial charge on any atom is 0.259 e. The summed E-state index contributed by atoms with van der Waals surface area (Å²) < 4.78 is 0. The monoisotopic (exact) mass is 276 g/mol. The molecular weight excluding hydrogens is 268 g/mol. The van der Waals surface area contributed by atoms with Crippen molar-refractivity contribution >= 4 is 33.2 Å². The summed E-state index contributed by atoms with van der Waals surface area (Å²) in [7, 11) is 0. The van der Waals surface area contributed by atoms with Crippen LogP contribution in [-0.2, 0) is 0 Å².